The number of benzene rings is 1. The van der Waals surface area contributed by atoms with Crippen LogP contribution >= 0.6 is 0 Å². The summed E-state index contributed by atoms with van der Waals surface area (Å²) in [6, 6.07) is 15.1. The van der Waals surface area contributed by atoms with Gasteiger partial charge in [-0.25, -0.2) is 0 Å². The molecule has 4 fully saturated rings. The number of likely N-dealkylation sites (N-methyl/N-ethyl adjacent to an activating group) is 1. The van der Waals surface area contributed by atoms with Crippen molar-refractivity contribution in [2.24, 2.45) is 5.92 Å². The maximum Gasteiger partial charge on any atom is 0.234 e. The minimum absolute atomic E-state index is 0.0295. The molecule has 4 saturated heterocycles. The summed E-state index contributed by atoms with van der Waals surface area (Å²) in [5.74, 6) is 0.604. The lowest BCUT2D eigenvalue weighted by Crippen LogP contribution is -2.71. The number of hydrogen-bond acceptors (Lipinski definition) is 5. The molecule has 0 saturated carbocycles. The molecule has 5 heterocycles. The second-order valence-electron chi connectivity index (χ2n) is 9.33. The Morgan fingerprint density at radius 2 is 1.77 bits per heavy atom. The average Bonchev–Trinajstić information content (AvgIpc) is 3.00. The first-order valence-corrected chi connectivity index (χ1v) is 11.0. The molecular weight excluding hydrogens is 374 g/mol. The maximum atomic E-state index is 13.1. The fourth-order valence-corrected chi connectivity index (χ4v) is 5.89. The average molecular weight is 406 g/mol. The summed E-state index contributed by atoms with van der Waals surface area (Å²) in [4.78, 5) is 24.5. The lowest BCUT2D eigenvalue weighted by Gasteiger charge is -2.56. The third-order valence-electron chi connectivity index (χ3n) is 7.08. The van der Waals surface area contributed by atoms with Crippen molar-refractivity contribution in [1.82, 2.24) is 25.0 Å². The molecule has 0 aliphatic carbocycles. The summed E-state index contributed by atoms with van der Waals surface area (Å²) in [5.41, 5.74) is 2.51. The first-order chi connectivity index (χ1) is 14.6. The fourth-order valence-electron chi connectivity index (χ4n) is 5.89. The first kappa shape index (κ1) is 19.7. The molecule has 30 heavy (non-hydrogen) atoms. The quantitative estimate of drug-likeness (QED) is 0.783. The van der Waals surface area contributed by atoms with E-state index in [1.165, 1.54) is 11.1 Å². The van der Waals surface area contributed by atoms with E-state index in [9.17, 15) is 4.79 Å². The molecule has 3 atom stereocenters. The standard InChI is InChI=1S/C24H31N5O/c1-27(13-19-7-9-25-10-8-19)16-22(30)26-23-20-14-28-11-12-29(15-20)18-24(23,17-28)21-5-3-2-4-6-21/h2-10,20,23H,11-18H2,1H3,(H,26,30). The molecule has 4 aliphatic rings. The van der Waals surface area contributed by atoms with Gasteiger partial charge < -0.3 is 15.1 Å². The van der Waals surface area contributed by atoms with Crippen molar-refractivity contribution in [2.45, 2.75) is 18.0 Å². The Morgan fingerprint density at radius 3 is 2.43 bits per heavy atom. The zero-order valence-electron chi connectivity index (χ0n) is 17.7. The summed E-state index contributed by atoms with van der Waals surface area (Å²) >= 11 is 0. The maximum absolute atomic E-state index is 13.1. The highest BCUT2D eigenvalue weighted by atomic mass is 16.2. The van der Waals surface area contributed by atoms with Crippen molar-refractivity contribution in [3.63, 3.8) is 0 Å². The van der Waals surface area contributed by atoms with E-state index in [-0.39, 0.29) is 17.4 Å². The van der Waals surface area contributed by atoms with Gasteiger partial charge in [-0.3, -0.25) is 14.7 Å². The zero-order valence-corrected chi connectivity index (χ0v) is 17.7. The van der Waals surface area contributed by atoms with Gasteiger partial charge in [0.05, 0.1) is 6.54 Å². The number of amides is 1. The van der Waals surface area contributed by atoms with Crippen molar-refractivity contribution in [3.05, 3.63) is 66.0 Å². The molecule has 1 aromatic carbocycles. The van der Waals surface area contributed by atoms with Gasteiger partial charge in [0.25, 0.3) is 0 Å². The highest BCUT2D eigenvalue weighted by Gasteiger charge is 2.55. The molecule has 0 spiro atoms. The first-order valence-electron chi connectivity index (χ1n) is 11.0. The van der Waals surface area contributed by atoms with E-state index in [4.69, 9.17) is 0 Å². The number of carbonyl (C=O) groups is 1. The van der Waals surface area contributed by atoms with Gasteiger partial charge in [0.1, 0.15) is 0 Å². The van der Waals surface area contributed by atoms with E-state index < -0.39 is 0 Å². The van der Waals surface area contributed by atoms with Crippen molar-refractivity contribution < 1.29 is 4.79 Å². The minimum Gasteiger partial charge on any atom is -0.351 e. The molecule has 1 amide bonds. The normalized spacial score (nSPS) is 32.2. The molecule has 6 rings (SSSR count). The van der Waals surface area contributed by atoms with Crippen LogP contribution in [-0.4, -0.2) is 84.5 Å². The number of nitrogens with zero attached hydrogens (tertiary/aromatic N) is 4. The molecule has 6 nitrogen and oxygen atoms in total. The smallest absolute Gasteiger partial charge is 0.234 e. The van der Waals surface area contributed by atoms with E-state index >= 15 is 0 Å². The van der Waals surface area contributed by atoms with Crippen molar-refractivity contribution >= 4 is 5.91 Å². The molecule has 6 heteroatoms. The molecule has 2 aromatic rings. The van der Waals surface area contributed by atoms with Crippen molar-refractivity contribution in [1.29, 1.82) is 0 Å². The summed E-state index contributed by atoms with van der Waals surface area (Å²) < 4.78 is 0. The number of rotatable bonds is 6. The van der Waals surface area contributed by atoms with E-state index in [0.29, 0.717) is 12.5 Å². The van der Waals surface area contributed by atoms with Crippen LogP contribution in [0.1, 0.15) is 11.1 Å². The van der Waals surface area contributed by atoms with Crippen LogP contribution < -0.4 is 5.32 Å². The van der Waals surface area contributed by atoms with Crippen LogP contribution in [0.2, 0.25) is 0 Å². The summed E-state index contributed by atoms with van der Waals surface area (Å²) in [6.07, 6.45) is 3.60. The molecule has 3 unspecified atom stereocenters. The molecule has 4 aliphatic heterocycles. The summed E-state index contributed by atoms with van der Waals surface area (Å²) in [6.45, 7) is 7.66. The number of hydrogen-bond donors (Lipinski definition) is 1. The van der Waals surface area contributed by atoms with Crippen LogP contribution in [0.4, 0.5) is 0 Å². The van der Waals surface area contributed by atoms with Crippen LogP contribution in [0.25, 0.3) is 0 Å². The Hall–Kier alpha value is -2.28. The number of aromatic nitrogens is 1. The Balaban J connectivity index is 1.34. The van der Waals surface area contributed by atoms with Gasteiger partial charge >= 0.3 is 0 Å². The van der Waals surface area contributed by atoms with Gasteiger partial charge in [0, 0.05) is 75.6 Å². The predicted molar refractivity (Wildman–Crippen MR) is 117 cm³/mol. The van der Waals surface area contributed by atoms with Gasteiger partial charge in [0.15, 0.2) is 0 Å². The number of pyridine rings is 1. The lowest BCUT2D eigenvalue weighted by atomic mass is 9.64. The lowest BCUT2D eigenvalue weighted by molar-refractivity contribution is -0.125. The van der Waals surface area contributed by atoms with Crippen LogP contribution in [-0.2, 0) is 16.8 Å². The Labute approximate surface area is 178 Å². The molecule has 4 bridgehead atoms. The minimum atomic E-state index is -0.0295. The molecule has 1 N–H and O–H groups in total. The Kier molecular flexibility index (Phi) is 5.31. The predicted octanol–water partition coefficient (Wildman–Crippen LogP) is 1.20. The Bertz CT molecular complexity index is 858. The number of fused-ring (bicyclic) bond motifs is 1. The number of nitrogens with one attached hydrogen (secondary N) is 1. The van der Waals surface area contributed by atoms with E-state index in [2.05, 4.69) is 55.3 Å². The third-order valence-corrected chi connectivity index (χ3v) is 7.08. The fraction of sp³-hybridized carbons (Fsp3) is 0.500. The van der Waals surface area contributed by atoms with Crippen molar-refractivity contribution in [3.8, 4) is 0 Å². The summed E-state index contributed by atoms with van der Waals surface area (Å²) in [7, 11) is 2.01. The van der Waals surface area contributed by atoms with E-state index in [1.807, 2.05) is 19.2 Å². The van der Waals surface area contributed by atoms with Gasteiger partial charge in [-0.05, 0) is 30.3 Å². The third kappa shape index (κ3) is 3.75. The molecule has 0 radical (unpaired) electrons. The Morgan fingerprint density at radius 1 is 1.10 bits per heavy atom. The zero-order chi connectivity index (χ0) is 20.6. The van der Waals surface area contributed by atoms with Crippen LogP contribution in [0.3, 0.4) is 0 Å². The second-order valence-corrected chi connectivity index (χ2v) is 9.33. The van der Waals surface area contributed by atoms with Gasteiger partial charge in [-0.1, -0.05) is 30.3 Å². The molecule has 1 aromatic heterocycles. The monoisotopic (exact) mass is 405 g/mol. The van der Waals surface area contributed by atoms with Crippen molar-refractivity contribution in [2.75, 3.05) is 52.9 Å². The van der Waals surface area contributed by atoms with Gasteiger partial charge in [-0.2, -0.15) is 0 Å². The molecule has 158 valence electrons. The SMILES string of the molecule is CN(CC(=O)NC1C2CN3CCN(C2)CC1(c1ccccc1)C3)Cc1ccncc1. The largest absolute Gasteiger partial charge is 0.351 e. The van der Waals surface area contributed by atoms with Crippen LogP contribution in [0.5, 0.6) is 0 Å². The highest BCUT2D eigenvalue weighted by Crippen LogP contribution is 2.43. The van der Waals surface area contributed by atoms with E-state index in [0.717, 1.165) is 45.8 Å². The van der Waals surface area contributed by atoms with Crippen LogP contribution in [0.15, 0.2) is 54.9 Å². The number of carbonyl (C=O) groups excluding carboxylic acids is 1. The topological polar surface area (TPSA) is 51.7 Å². The highest BCUT2D eigenvalue weighted by molar-refractivity contribution is 5.78. The molecular formula is C24H31N5O. The number of piperidine rings is 2. The second kappa shape index (κ2) is 8.10. The van der Waals surface area contributed by atoms with Gasteiger partial charge in [-0.15, -0.1) is 0 Å². The van der Waals surface area contributed by atoms with Gasteiger partial charge in [0.2, 0.25) is 5.91 Å². The van der Waals surface area contributed by atoms with Crippen LogP contribution in [0, 0.1) is 5.92 Å². The summed E-state index contributed by atoms with van der Waals surface area (Å²) in [5, 5.41) is 3.50. The van der Waals surface area contributed by atoms with E-state index in [1.54, 1.807) is 12.4 Å².